The molecule has 27 heavy (non-hydrogen) atoms. The van der Waals surface area contributed by atoms with Gasteiger partial charge in [0.25, 0.3) is 0 Å². The van der Waals surface area contributed by atoms with Crippen molar-refractivity contribution in [3.05, 3.63) is 71.6 Å². The Hall–Kier alpha value is -3.41. The molecule has 0 aliphatic rings. The standard InChI is InChI=1S/C21H19NO5/c1-13-18(22-20(26-13)16-7-5-4-6-8-16)21(24)27-14(2)19(23)15-9-11-17(25-3)12-10-15/h4-12,14H,1-3H3/t14-/m0/s1. The summed E-state index contributed by atoms with van der Waals surface area (Å²) < 4.78 is 15.9. The van der Waals surface area contributed by atoms with Crippen LogP contribution in [-0.2, 0) is 4.74 Å². The van der Waals surface area contributed by atoms with Crippen LogP contribution in [0.4, 0.5) is 0 Å². The van der Waals surface area contributed by atoms with Crippen molar-refractivity contribution in [1.29, 1.82) is 0 Å². The number of rotatable bonds is 6. The molecular formula is C21H19NO5. The Morgan fingerprint density at radius 2 is 1.70 bits per heavy atom. The quantitative estimate of drug-likeness (QED) is 0.484. The fourth-order valence-electron chi connectivity index (χ4n) is 2.55. The number of ether oxygens (including phenoxy) is 2. The first kappa shape index (κ1) is 18.4. The number of ketones is 1. The van der Waals surface area contributed by atoms with Gasteiger partial charge in [-0.15, -0.1) is 0 Å². The van der Waals surface area contributed by atoms with Crippen molar-refractivity contribution in [3.63, 3.8) is 0 Å². The van der Waals surface area contributed by atoms with Gasteiger partial charge in [-0.25, -0.2) is 9.78 Å². The Labute approximate surface area is 156 Å². The first-order chi connectivity index (χ1) is 13.0. The lowest BCUT2D eigenvalue weighted by atomic mass is 10.1. The average Bonchev–Trinajstić information content (AvgIpc) is 3.10. The minimum absolute atomic E-state index is 0.0585. The average molecular weight is 365 g/mol. The summed E-state index contributed by atoms with van der Waals surface area (Å²) in [7, 11) is 1.55. The summed E-state index contributed by atoms with van der Waals surface area (Å²) in [5.41, 5.74) is 1.24. The molecule has 1 aromatic heterocycles. The van der Waals surface area contributed by atoms with Gasteiger partial charge in [-0.05, 0) is 50.2 Å². The minimum Gasteiger partial charge on any atom is -0.497 e. The molecule has 0 aliphatic heterocycles. The maximum Gasteiger partial charge on any atom is 0.361 e. The van der Waals surface area contributed by atoms with Gasteiger partial charge in [0, 0.05) is 11.1 Å². The van der Waals surface area contributed by atoms with Crippen LogP contribution in [0.3, 0.4) is 0 Å². The number of oxazole rings is 1. The van der Waals surface area contributed by atoms with E-state index in [4.69, 9.17) is 13.9 Å². The van der Waals surface area contributed by atoms with E-state index in [9.17, 15) is 9.59 Å². The van der Waals surface area contributed by atoms with E-state index in [2.05, 4.69) is 4.98 Å². The van der Waals surface area contributed by atoms with Crippen molar-refractivity contribution < 1.29 is 23.5 Å². The number of aromatic nitrogens is 1. The van der Waals surface area contributed by atoms with Crippen LogP contribution in [0.1, 0.15) is 33.5 Å². The number of hydrogen-bond donors (Lipinski definition) is 0. The largest absolute Gasteiger partial charge is 0.497 e. The Morgan fingerprint density at radius 3 is 2.33 bits per heavy atom. The molecule has 6 nitrogen and oxygen atoms in total. The molecular weight excluding hydrogens is 346 g/mol. The SMILES string of the molecule is COc1ccc(C(=O)[C@H](C)OC(=O)c2nc(-c3ccccc3)oc2C)cc1. The van der Waals surface area contributed by atoms with E-state index in [0.717, 1.165) is 5.56 Å². The summed E-state index contributed by atoms with van der Waals surface area (Å²) in [6, 6.07) is 15.8. The molecule has 1 heterocycles. The van der Waals surface area contributed by atoms with Gasteiger partial charge in [0.2, 0.25) is 11.7 Å². The molecule has 3 aromatic rings. The van der Waals surface area contributed by atoms with Crippen molar-refractivity contribution in [1.82, 2.24) is 4.98 Å². The van der Waals surface area contributed by atoms with Crippen molar-refractivity contribution in [3.8, 4) is 17.2 Å². The third-order valence-electron chi connectivity index (χ3n) is 4.04. The molecule has 0 unspecified atom stereocenters. The highest BCUT2D eigenvalue weighted by Crippen LogP contribution is 2.22. The van der Waals surface area contributed by atoms with Gasteiger partial charge in [0.05, 0.1) is 7.11 Å². The Kier molecular flexibility index (Phi) is 5.35. The first-order valence-corrected chi connectivity index (χ1v) is 8.41. The summed E-state index contributed by atoms with van der Waals surface area (Å²) >= 11 is 0. The molecule has 0 N–H and O–H groups in total. The van der Waals surface area contributed by atoms with Gasteiger partial charge in [-0.2, -0.15) is 0 Å². The molecule has 0 radical (unpaired) electrons. The molecule has 0 amide bonds. The van der Waals surface area contributed by atoms with Crippen molar-refractivity contribution in [2.75, 3.05) is 7.11 Å². The lowest BCUT2D eigenvalue weighted by Gasteiger charge is -2.11. The molecule has 0 saturated carbocycles. The molecule has 2 aromatic carbocycles. The molecule has 1 atom stereocenters. The van der Waals surface area contributed by atoms with E-state index < -0.39 is 12.1 Å². The van der Waals surface area contributed by atoms with E-state index in [1.165, 1.54) is 6.92 Å². The number of carbonyl (C=O) groups is 2. The molecule has 6 heteroatoms. The molecule has 0 bridgehead atoms. The smallest absolute Gasteiger partial charge is 0.361 e. The highest BCUT2D eigenvalue weighted by Gasteiger charge is 2.25. The summed E-state index contributed by atoms with van der Waals surface area (Å²) in [6.07, 6.45) is -0.956. The number of nitrogens with zero attached hydrogens (tertiary/aromatic N) is 1. The Morgan fingerprint density at radius 1 is 1.04 bits per heavy atom. The molecule has 0 fully saturated rings. The van der Waals surface area contributed by atoms with Gasteiger partial charge in [0.15, 0.2) is 11.8 Å². The Bertz CT molecular complexity index is 944. The predicted octanol–water partition coefficient (Wildman–Crippen LogP) is 4.09. The zero-order chi connectivity index (χ0) is 19.4. The van der Waals surface area contributed by atoms with E-state index in [1.54, 1.807) is 38.3 Å². The number of aryl methyl sites for hydroxylation is 1. The lowest BCUT2D eigenvalue weighted by Crippen LogP contribution is -2.25. The van der Waals surface area contributed by atoms with Crippen LogP contribution in [0, 0.1) is 6.92 Å². The Balaban J connectivity index is 1.72. The van der Waals surface area contributed by atoms with Crippen molar-refractivity contribution in [2.24, 2.45) is 0 Å². The van der Waals surface area contributed by atoms with Gasteiger partial charge in [-0.3, -0.25) is 4.79 Å². The van der Waals surface area contributed by atoms with Gasteiger partial charge in [0.1, 0.15) is 11.5 Å². The number of Topliss-reactive ketones (excluding diaryl/α,β-unsaturated/α-hetero) is 1. The van der Waals surface area contributed by atoms with Crippen LogP contribution in [0.25, 0.3) is 11.5 Å². The summed E-state index contributed by atoms with van der Waals surface area (Å²) in [4.78, 5) is 29.1. The minimum atomic E-state index is -0.956. The topological polar surface area (TPSA) is 78.6 Å². The maximum absolute atomic E-state index is 12.5. The van der Waals surface area contributed by atoms with Gasteiger partial charge in [-0.1, -0.05) is 18.2 Å². The van der Waals surface area contributed by atoms with Crippen molar-refractivity contribution >= 4 is 11.8 Å². The molecule has 0 spiro atoms. The van der Waals surface area contributed by atoms with Crippen LogP contribution >= 0.6 is 0 Å². The monoisotopic (exact) mass is 365 g/mol. The maximum atomic E-state index is 12.5. The zero-order valence-corrected chi connectivity index (χ0v) is 15.3. The van der Waals surface area contributed by atoms with E-state index in [1.807, 2.05) is 30.3 Å². The van der Waals surface area contributed by atoms with E-state index in [-0.39, 0.29) is 11.5 Å². The fourth-order valence-corrected chi connectivity index (χ4v) is 2.55. The first-order valence-electron chi connectivity index (χ1n) is 8.41. The third kappa shape index (κ3) is 4.06. The molecule has 0 aliphatic carbocycles. The molecule has 138 valence electrons. The summed E-state index contributed by atoms with van der Waals surface area (Å²) in [6.45, 7) is 3.16. The fraction of sp³-hybridized carbons (Fsp3) is 0.190. The van der Waals surface area contributed by atoms with Crippen molar-refractivity contribution in [2.45, 2.75) is 20.0 Å². The normalized spacial score (nSPS) is 11.7. The van der Waals surface area contributed by atoms with Gasteiger partial charge < -0.3 is 13.9 Å². The van der Waals surface area contributed by atoms with Crippen LogP contribution in [0.15, 0.2) is 59.0 Å². The number of esters is 1. The summed E-state index contributed by atoms with van der Waals surface area (Å²) in [5, 5.41) is 0. The zero-order valence-electron chi connectivity index (χ0n) is 15.3. The van der Waals surface area contributed by atoms with E-state index >= 15 is 0 Å². The van der Waals surface area contributed by atoms with E-state index in [0.29, 0.717) is 23.0 Å². The van der Waals surface area contributed by atoms with Crippen LogP contribution in [-0.4, -0.2) is 30.0 Å². The summed E-state index contributed by atoms with van der Waals surface area (Å²) in [5.74, 6) is 0.295. The molecule has 3 rings (SSSR count). The van der Waals surface area contributed by atoms with Crippen LogP contribution < -0.4 is 4.74 Å². The second kappa shape index (κ2) is 7.86. The highest BCUT2D eigenvalue weighted by molar-refractivity contribution is 6.01. The highest BCUT2D eigenvalue weighted by atomic mass is 16.5. The van der Waals surface area contributed by atoms with Crippen LogP contribution in [0.5, 0.6) is 5.75 Å². The van der Waals surface area contributed by atoms with Crippen LogP contribution in [0.2, 0.25) is 0 Å². The predicted molar refractivity (Wildman–Crippen MR) is 98.9 cm³/mol. The molecule has 0 saturated heterocycles. The number of benzene rings is 2. The number of methoxy groups -OCH3 is 1. The van der Waals surface area contributed by atoms with Gasteiger partial charge >= 0.3 is 5.97 Å². The lowest BCUT2D eigenvalue weighted by molar-refractivity contribution is 0.0312. The number of hydrogen-bond acceptors (Lipinski definition) is 6. The third-order valence-corrected chi connectivity index (χ3v) is 4.04. The second-order valence-corrected chi connectivity index (χ2v) is 5.93. The number of carbonyl (C=O) groups excluding carboxylic acids is 2. The second-order valence-electron chi connectivity index (χ2n) is 5.93.